The second-order valence-corrected chi connectivity index (χ2v) is 2.46. The van der Waals surface area contributed by atoms with Gasteiger partial charge in [-0.25, -0.2) is 9.78 Å². The number of amides is 1. The van der Waals surface area contributed by atoms with E-state index in [-0.39, 0.29) is 17.9 Å². The van der Waals surface area contributed by atoms with Crippen molar-refractivity contribution in [3.63, 3.8) is 0 Å². The Morgan fingerprint density at radius 3 is 2.86 bits per heavy atom. The summed E-state index contributed by atoms with van der Waals surface area (Å²) in [6, 6.07) is 2.82. The van der Waals surface area contributed by atoms with Gasteiger partial charge in [-0.05, 0) is 12.1 Å². The smallest absolute Gasteiger partial charge is 0.339 e. The number of hydrogen-bond acceptors (Lipinski definition) is 4. The van der Waals surface area contributed by atoms with E-state index in [0.29, 0.717) is 0 Å². The van der Waals surface area contributed by atoms with E-state index in [1.807, 2.05) is 0 Å². The van der Waals surface area contributed by atoms with E-state index in [2.05, 4.69) is 10.3 Å². The highest BCUT2D eigenvalue weighted by Gasteiger charge is 2.11. The number of carboxylic acid groups (broad SMARTS) is 1. The van der Waals surface area contributed by atoms with Crippen LogP contribution in [0.3, 0.4) is 0 Å². The molecule has 0 radical (unpaired) electrons. The summed E-state index contributed by atoms with van der Waals surface area (Å²) in [5.74, 6) is -1.62. The van der Waals surface area contributed by atoms with Gasteiger partial charge >= 0.3 is 5.97 Å². The summed E-state index contributed by atoms with van der Waals surface area (Å²) in [5.41, 5.74) is 5.00. The summed E-state index contributed by atoms with van der Waals surface area (Å²) in [6.07, 6.45) is 1.39. The first kappa shape index (κ1) is 10.1. The Morgan fingerprint density at radius 2 is 2.29 bits per heavy atom. The number of pyridine rings is 1. The van der Waals surface area contributed by atoms with Crippen LogP contribution < -0.4 is 11.1 Å². The summed E-state index contributed by atoms with van der Waals surface area (Å²) in [6.45, 7) is -0.213. The molecule has 0 aliphatic heterocycles. The van der Waals surface area contributed by atoms with E-state index in [0.717, 1.165) is 0 Å². The molecule has 1 aromatic rings. The Hall–Kier alpha value is -1.95. The second-order valence-electron chi connectivity index (χ2n) is 2.46. The van der Waals surface area contributed by atoms with Crippen LogP contribution in [0.25, 0.3) is 0 Å². The van der Waals surface area contributed by atoms with E-state index in [1.54, 1.807) is 0 Å². The average Bonchev–Trinajstić information content (AvgIpc) is 2.18. The van der Waals surface area contributed by atoms with Crippen molar-refractivity contribution in [2.45, 2.75) is 0 Å². The fourth-order valence-electron chi connectivity index (χ4n) is 0.861. The highest BCUT2D eigenvalue weighted by atomic mass is 16.4. The summed E-state index contributed by atoms with van der Waals surface area (Å²) >= 11 is 0. The SMILES string of the molecule is NCC(=O)Nc1ncccc1C(=O)O. The van der Waals surface area contributed by atoms with Crippen LogP contribution in [0.4, 0.5) is 5.82 Å². The van der Waals surface area contributed by atoms with Crippen LogP contribution in [0, 0.1) is 0 Å². The average molecular weight is 195 g/mol. The molecule has 74 valence electrons. The van der Waals surface area contributed by atoms with Crippen LogP contribution in [0.1, 0.15) is 10.4 Å². The van der Waals surface area contributed by atoms with Gasteiger partial charge in [0.25, 0.3) is 0 Å². The molecule has 0 spiro atoms. The van der Waals surface area contributed by atoms with Gasteiger partial charge in [0, 0.05) is 6.20 Å². The highest BCUT2D eigenvalue weighted by molar-refractivity contribution is 5.99. The lowest BCUT2D eigenvalue weighted by Crippen LogP contribution is -2.23. The van der Waals surface area contributed by atoms with E-state index in [4.69, 9.17) is 10.8 Å². The van der Waals surface area contributed by atoms with E-state index in [9.17, 15) is 9.59 Å². The van der Waals surface area contributed by atoms with Crippen LogP contribution in [0.5, 0.6) is 0 Å². The molecule has 0 aromatic carbocycles. The molecule has 1 heterocycles. The third-order valence-corrected chi connectivity index (χ3v) is 1.48. The minimum absolute atomic E-state index is 0.00968. The largest absolute Gasteiger partial charge is 0.478 e. The molecule has 0 saturated heterocycles. The molecule has 4 N–H and O–H groups in total. The van der Waals surface area contributed by atoms with E-state index < -0.39 is 11.9 Å². The predicted molar refractivity (Wildman–Crippen MR) is 48.9 cm³/mol. The Bertz CT molecular complexity index is 365. The topological polar surface area (TPSA) is 105 Å². The predicted octanol–water partition coefficient (Wildman–Crippen LogP) is -0.323. The van der Waals surface area contributed by atoms with Gasteiger partial charge in [0.2, 0.25) is 5.91 Å². The monoisotopic (exact) mass is 195 g/mol. The number of carbonyl (C=O) groups excluding carboxylic acids is 1. The molecule has 0 atom stereocenters. The number of anilines is 1. The molecule has 6 heteroatoms. The van der Waals surface area contributed by atoms with Crippen molar-refractivity contribution in [3.05, 3.63) is 23.9 Å². The molecule has 0 fully saturated rings. The van der Waals surface area contributed by atoms with Crippen molar-refractivity contribution in [2.24, 2.45) is 5.73 Å². The van der Waals surface area contributed by atoms with Gasteiger partial charge in [-0.2, -0.15) is 0 Å². The van der Waals surface area contributed by atoms with Crippen molar-refractivity contribution in [2.75, 3.05) is 11.9 Å². The van der Waals surface area contributed by atoms with Gasteiger partial charge in [0.15, 0.2) is 0 Å². The Balaban J connectivity index is 2.95. The molecule has 0 saturated carbocycles. The van der Waals surface area contributed by atoms with Gasteiger partial charge in [-0.1, -0.05) is 0 Å². The molecular formula is C8H9N3O3. The number of nitrogens with two attached hydrogens (primary N) is 1. The first-order valence-corrected chi connectivity index (χ1v) is 3.83. The van der Waals surface area contributed by atoms with Crippen molar-refractivity contribution >= 4 is 17.7 Å². The first-order chi connectivity index (χ1) is 6.65. The number of aromatic nitrogens is 1. The number of hydrogen-bond donors (Lipinski definition) is 3. The summed E-state index contributed by atoms with van der Waals surface area (Å²) in [7, 11) is 0. The molecule has 0 aliphatic carbocycles. The molecule has 1 rings (SSSR count). The Labute approximate surface area is 79.8 Å². The Kier molecular flexibility index (Phi) is 3.14. The number of nitrogens with zero attached hydrogens (tertiary/aromatic N) is 1. The summed E-state index contributed by atoms with van der Waals surface area (Å²) in [4.78, 5) is 25.3. The van der Waals surface area contributed by atoms with Crippen LogP contribution in [-0.4, -0.2) is 28.5 Å². The number of carboxylic acids is 1. The zero-order chi connectivity index (χ0) is 10.6. The number of rotatable bonds is 3. The lowest BCUT2D eigenvalue weighted by atomic mass is 10.2. The molecule has 1 aromatic heterocycles. The van der Waals surface area contributed by atoms with Crippen molar-refractivity contribution in [1.82, 2.24) is 4.98 Å². The fraction of sp³-hybridized carbons (Fsp3) is 0.125. The molecule has 14 heavy (non-hydrogen) atoms. The van der Waals surface area contributed by atoms with Crippen LogP contribution in [0.15, 0.2) is 18.3 Å². The molecular weight excluding hydrogens is 186 g/mol. The van der Waals surface area contributed by atoms with E-state index >= 15 is 0 Å². The molecule has 1 amide bonds. The van der Waals surface area contributed by atoms with Gasteiger partial charge in [0.1, 0.15) is 11.4 Å². The van der Waals surface area contributed by atoms with Crippen LogP contribution in [0.2, 0.25) is 0 Å². The zero-order valence-electron chi connectivity index (χ0n) is 7.23. The third-order valence-electron chi connectivity index (χ3n) is 1.48. The standard InChI is InChI=1S/C8H9N3O3/c9-4-6(12)11-7-5(8(13)14)2-1-3-10-7/h1-3H,4,9H2,(H,13,14)(H,10,11,12). The maximum atomic E-state index is 10.9. The minimum atomic E-state index is -1.15. The third kappa shape index (κ3) is 2.27. The van der Waals surface area contributed by atoms with Gasteiger partial charge < -0.3 is 16.2 Å². The molecule has 0 bridgehead atoms. The molecule has 0 unspecified atom stereocenters. The fourth-order valence-corrected chi connectivity index (χ4v) is 0.861. The van der Waals surface area contributed by atoms with Crippen molar-refractivity contribution in [3.8, 4) is 0 Å². The number of nitrogens with one attached hydrogen (secondary N) is 1. The number of aromatic carboxylic acids is 1. The quantitative estimate of drug-likeness (QED) is 0.612. The van der Waals surface area contributed by atoms with Gasteiger partial charge in [0.05, 0.1) is 6.54 Å². The van der Waals surface area contributed by atoms with Crippen LogP contribution in [-0.2, 0) is 4.79 Å². The van der Waals surface area contributed by atoms with Crippen LogP contribution >= 0.6 is 0 Å². The molecule has 6 nitrogen and oxygen atoms in total. The lowest BCUT2D eigenvalue weighted by Gasteiger charge is -2.04. The zero-order valence-corrected chi connectivity index (χ0v) is 7.23. The Morgan fingerprint density at radius 1 is 1.57 bits per heavy atom. The normalized spacial score (nSPS) is 9.50. The van der Waals surface area contributed by atoms with Crippen molar-refractivity contribution in [1.29, 1.82) is 0 Å². The van der Waals surface area contributed by atoms with Crippen molar-refractivity contribution < 1.29 is 14.7 Å². The second kappa shape index (κ2) is 4.33. The summed E-state index contributed by atoms with van der Waals surface area (Å²) in [5, 5.41) is 11.0. The lowest BCUT2D eigenvalue weighted by molar-refractivity contribution is -0.114. The van der Waals surface area contributed by atoms with Gasteiger partial charge in [-0.15, -0.1) is 0 Å². The minimum Gasteiger partial charge on any atom is -0.478 e. The summed E-state index contributed by atoms with van der Waals surface area (Å²) < 4.78 is 0. The van der Waals surface area contributed by atoms with E-state index in [1.165, 1.54) is 18.3 Å². The maximum absolute atomic E-state index is 10.9. The first-order valence-electron chi connectivity index (χ1n) is 3.83. The maximum Gasteiger partial charge on any atom is 0.339 e. The van der Waals surface area contributed by atoms with Gasteiger partial charge in [-0.3, -0.25) is 4.79 Å². The highest BCUT2D eigenvalue weighted by Crippen LogP contribution is 2.10. The number of carbonyl (C=O) groups is 2. The molecule has 0 aliphatic rings.